The minimum atomic E-state index is -1.93. The zero-order valence-corrected chi connectivity index (χ0v) is 15.8. The quantitative estimate of drug-likeness (QED) is 0.688. The maximum absolute atomic E-state index is 2.47. The molecule has 1 aliphatic carbocycles. The van der Waals surface area contributed by atoms with E-state index in [9.17, 15) is 0 Å². The molecular formula is C22H29Si. The normalized spacial score (nSPS) is 17.2. The lowest BCUT2D eigenvalue weighted by molar-refractivity contribution is 0.558. The molecule has 1 saturated carbocycles. The van der Waals surface area contributed by atoms with Gasteiger partial charge in [0.2, 0.25) is 0 Å². The smallest absolute Gasteiger partial charge is 0.0625 e. The summed E-state index contributed by atoms with van der Waals surface area (Å²) in [5.74, 6) is 0. The fourth-order valence-corrected chi connectivity index (χ4v) is 11.1. The molecule has 0 N–H and O–H groups in total. The van der Waals surface area contributed by atoms with Crippen LogP contribution in [0.3, 0.4) is 0 Å². The Bertz CT molecular complexity index is 564. The summed E-state index contributed by atoms with van der Waals surface area (Å²) in [7, 11) is -1.93. The highest BCUT2D eigenvalue weighted by Crippen LogP contribution is 2.46. The van der Waals surface area contributed by atoms with E-state index in [4.69, 9.17) is 0 Å². The van der Waals surface area contributed by atoms with Crippen LogP contribution in [0.1, 0.15) is 52.9 Å². The first-order valence-corrected chi connectivity index (χ1v) is 11.0. The summed E-state index contributed by atoms with van der Waals surface area (Å²) >= 11 is 0. The van der Waals surface area contributed by atoms with Crippen molar-refractivity contribution < 1.29 is 0 Å². The minimum Gasteiger partial charge on any atom is -0.0625 e. The van der Waals surface area contributed by atoms with Crippen LogP contribution in [0, 0.1) is 5.54 Å². The molecule has 2 aromatic carbocycles. The second-order valence-corrected chi connectivity index (χ2v) is 12.8. The molecule has 0 aromatic heterocycles. The van der Waals surface area contributed by atoms with Crippen molar-refractivity contribution in [2.24, 2.45) is 0 Å². The van der Waals surface area contributed by atoms with Gasteiger partial charge in [0, 0.05) is 0 Å². The van der Waals surface area contributed by atoms with Crippen LogP contribution in [0.4, 0.5) is 0 Å². The highest BCUT2D eigenvalue weighted by atomic mass is 28.3. The molecule has 23 heavy (non-hydrogen) atoms. The lowest BCUT2D eigenvalue weighted by Gasteiger charge is -2.50. The van der Waals surface area contributed by atoms with Crippen LogP contribution in [0.15, 0.2) is 60.7 Å². The van der Waals surface area contributed by atoms with Crippen molar-refractivity contribution in [1.82, 2.24) is 0 Å². The van der Waals surface area contributed by atoms with E-state index < -0.39 is 8.07 Å². The van der Waals surface area contributed by atoms with E-state index in [1.807, 2.05) is 5.54 Å². The highest BCUT2D eigenvalue weighted by molar-refractivity contribution is 7.08. The van der Waals surface area contributed by atoms with Gasteiger partial charge in [-0.3, -0.25) is 0 Å². The molecule has 1 fully saturated rings. The van der Waals surface area contributed by atoms with Gasteiger partial charge in [0.05, 0.1) is 0 Å². The third-order valence-electron chi connectivity index (χ3n) is 5.53. The van der Waals surface area contributed by atoms with Gasteiger partial charge in [-0.15, -0.1) is 0 Å². The molecule has 0 saturated heterocycles. The third-order valence-corrected chi connectivity index (χ3v) is 11.7. The van der Waals surface area contributed by atoms with Crippen LogP contribution in [0.5, 0.6) is 0 Å². The minimum absolute atomic E-state index is 0.280. The Kier molecular flexibility index (Phi) is 4.77. The molecule has 0 atom stereocenters. The largest absolute Gasteiger partial charge is 0.129 e. The van der Waals surface area contributed by atoms with Crippen molar-refractivity contribution in [2.45, 2.75) is 57.9 Å². The zero-order chi connectivity index (χ0) is 16.3. The zero-order valence-electron chi connectivity index (χ0n) is 14.8. The number of hydrogen-bond acceptors (Lipinski definition) is 0. The summed E-state index contributed by atoms with van der Waals surface area (Å²) in [6, 6.07) is 22.8. The first-order chi connectivity index (χ1) is 11.1. The predicted octanol–water partition coefficient (Wildman–Crippen LogP) is 5.13. The lowest BCUT2D eigenvalue weighted by Crippen LogP contribution is -2.68. The number of benzene rings is 2. The first kappa shape index (κ1) is 16.5. The van der Waals surface area contributed by atoms with Crippen LogP contribution in [0.2, 0.25) is 5.04 Å². The van der Waals surface area contributed by atoms with Gasteiger partial charge in [0.25, 0.3) is 0 Å². The summed E-state index contributed by atoms with van der Waals surface area (Å²) in [4.78, 5) is 0. The molecule has 1 heteroatoms. The van der Waals surface area contributed by atoms with E-state index in [1.165, 1.54) is 32.1 Å². The molecule has 0 unspecified atom stereocenters. The summed E-state index contributed by atoms with van der Waals surface area (Å²) in [5.41, 5.74) is 1.87. The molecule has 2 aromatic rings. The summed E-state index contributed by atoms with van der Waals surface area (Å²) < 4.78 is 0. The van der Waals surface area contributed by atoms with Crippen molar-refractivity contribution in [2.75, 3.05) is 0 Å². The fourth-order valence-electron chi connectivity index (χ4n) is 4.70. The predicted molar refractivity (Wildman–Crippen MR) is 104 cm³/mol. The molecule has 0 amide bonds. The fraction of sp³-hybridized carbons (Fsp3) is 0.409. The SMILES string of the molecule is CC(C)(C)[Si]([C]1CCCCC1)(c1ccccc1)c1ccccc1. The summed E-state index contributed by atoms with van der Waals surface area (Å²) in [6.07, 6.45) is 6.81. The van der Waals surface area contributed by atoms with E-state index in [-0.39, 0.29) is 5.04 Å². The Hall–Kier alpha value is -1.34. The Morgan fingerprint density at radius 3 is 1.48 bits per heavy atom. The summed E-state index contributed by atoms with van der Waals surface area (Å²) in [6.45, 7) is 7.42. The van der Waals surface area contributed by atoms with Crippen LogP contribution in [-0.2, 0) is 0 Å². The molecule has 0 spiro atoms. The molecule has 0 bridgehead atoms. The number of hydrogen-bond donors (Lipinski definition) is 0. The van der Waals surface area contributed by atoms with E-state index in [1.54, 1.807) is 10.4 Å². The maximum atomic E-state index is 2.47. The third kappa shape index (κ3) is 2.92. The second-order valence-electron chi connectivity index (χ2n) is 7.90. The summed E-state index contributed by atoms with van der Waals surface area (Å²) in [5, 5.41) is 3.47. The van der Waals surface area contributed by atoms with Crippen molar-refractivity contribution in [3.63, 3.8) is 0 Å². The van der Waals surface area contributed by atoms with Crippen molar-refractivity contribution >= 4 is 18.4 Å². The standard InChI is InChI=1S/C22H29Si/c1-22(2,3)23(19-13-7-4-8-14-19,20-15-9-5-10-16-20)21-17-11-6-12-18-21/h4-5,7-10,13-16H,6,11-12,17-18H2,1-3H3. The van der Waals surface area contributed by atoms with E-state index in [0.717, 1.165) is 0 Å². The van der Waals surface area contributed by atoms with Crippen molar-refractivity contribution in [1.29, 1.82) is 0 Å². The van der Waals surface area contributed by atoms with Gasteiger partial charge in [-0.25, -0.2) is 0 Å². The second kappa shape index (κ2) is 6.65. The van der Waals surface area contributed by atoms with Gasteiger partial charge >= 0.3 is 0 Å². The van der Waals surface area contributed by atoms with Gasteiger partial charge in [-0.2, -0.15) is 0 Å². The first-order valence-electron chi connectivity index (χ1n) is 9.03. The van der Waals surface area contributed by atoms with E-state index >= 15 is 0 Å². The molecule has 0 nitrogen and oxygen atoms in total. The molecule has 121 valence electrons. The average molecular weight is 322 g/mol. The molecular weight excluding hydrogens is 292 g/mol. The maximum Gasteiger partial charge on any atom is 0.129 e. The van der Waals surface area contributed by atoms with Gasteiger partial charge in [0.1, 0.15) is 8.07 Å². The van der Waals surface area contributed by atoms with Crippen molar-refractivity contribution in [3.05, 3.63) is 66.2 Å². The van der Waals surface area contributed by atoms with Gasteiger partial charge in [0.15, 0.2) is 0 Å². The molecule has 1 aliphatic rings. The topological polar surface area (TPSA) is 0 Å². The van der Waals surface area contributed by atoms with E-state index in [0.29, 0.717) is 0 Å². The highest BCUT2D eigenvalue weighted by Gasteiger charge is 2.52. The van der Waals surface area contributed by atoms with Gasteiger partial charge in [-0.05, 0) is 23.4 Å². The Morgan fingerprint density at radius 2 is 1.09 bits per heavy atom. The van der Waals surface area contributed by atoms with Crippen LogP contribution < -0.4 is 10.4 Å². The van der Waals surface area contributed by atoms with Gasteiger partial charge < -0.3 is 0 Å². The van der Waals surface area contributed by atoms with Gasteiger partial charge in [-0.1, -0.05) is 111 Å². The molecule has 1 radical (unpaired) electrons. The van der Waals surface area contributed by atoms with Crippen LogP contribution >= 0.6 is 0 Å². The van der Waals surface area contributed by atoms with Crippen molar-refractivity contribution in [3.8, 4) is 0 Å². The lowest BCUT2D eigenvalue weighted by atomic mass is 10.0. The Balaban J connectivity index is 2.25. The van der Waals surface area contributed by atoms with Crippen LogP contribution in [0.25, 0.3) is 0 Å². The average Bonchev–Trinajstić information content (AvgIpc) is 2.57. The van der Waals surface area contributed by atoms with Crippen LogP contribution in [-0.4, -0.2) is 8.07 Å². The molecule has 3 rings (SSSR count). The van der Waals surface area contributed by atoms with E-state index in [2.05, 4.69) is 81.4 Å². The number of rotatable bonds is 3. The Labute approximate surface area is 143 Å². The molecule has 0 aliphatic heterocycles. The molecule has 0 heterocycles. The monoisotopic (exact) mass is 321 g/mol. The Morgan fingerprint density at radius 1 is 0.652 bits per heavy atom.